The number of carbonyl (C=O) groups excluding carboxylic acids is 1. The molecule has 2 aromatic carbocycles. The topological polar surface area (TPSA) is 105 Å². The third-order valence-corrected chi connectivity index (χ3v) is 5.30. The van der Waals surface area contributed by atoms with Gasteiger partial charge in [-0.1, -0.05) is 36.4 Å². The number of aryl methyl sites for hydroxylation is 1. The fourth-order valence-electron chi connectivity index (χ4n) is 3.40. The first kappa shape index (κ1) is 22.3. The van der Waals surface area contributed by atoms with E-state index in [0.717, 1.165) is 16.7 Å². The van der Waals surface area contributed by atoms with Gasteiger partial charge in [-0.2, -0.15) is 4.98 Å². The van der Waals surface area contributed by atoms with E-state index in [2.05, 4.69) is 10.3 Å². The minimum Gasteiger partial charge on any atom is -0.389 e. The second-order valence-corrected chi connectivity index (χ2v) is 7.89. The van der Waals surface area contributed by atoms with Crippen LogP contribution in [0.25, 0.3) is 10.9 Å². The van der Waals surface area contributed by atoms with Crippen molar-refractivity contribution in [1.29, 1.82) is 0 Å². The van der Waals surface area contributed by atoms with E-state index in [0.29, 0.717) is 30.5 Å². The number of nitrogens with zero attached hydrogens (tertiary/aromatic N) is 3. The maximum absolute atomic E-state index is 12.8. The minimum atomic E-state index is -0.499. The molecule has 31 heavy (non-hydrogen) atoms. The quantitative estimate of drug-likeness (QED) is 0.577. The molecule has 0 aliphatic carbocycles. The van der Waals surface area contributed by atoms with Gasteiger partial charge in [0.1, 0.15) is 0 Å². The third kappa shape index (κ3) is 5.40. The maximum atomic E-state index is 12.8. The molecule has 0 spiro atoms. The number of carbonyl (C=O) groups is 1. The van der Waals surface area contributed by atoms with Crippen LogP contribution in [-0.4, -0.2) is 48.0 Å². The van der Waals surface area contributed by atoms with Crippen molar-refractivity contribution in [1.82, 2.24) is 14.8 Å². The number of nitrogens with one attached hydrogen (secondary N) is 1. The molecule has 3 rings (SSSR count). The van der Waals surface area contributed by atoms with Crippen LogP contribution in [0.2, 0.25) is 0 Å². The van der Waals surface area contributed by atoms with Crippen LogP contribution in [0.4, 0.5) is 10.8 Å². The summed E-state index contributed by atoms with van der Waals surface area (Å²) in [6.45, 7) is 5.30. The highest BCUT2D eigenvalue weighted by molar-refractivity contribution is 5.83. The minimum absolute atomic E-state index is 0.0736. The second kappa shape index (κ2) is 9.61. The lowest BCUT2D eigenvalue weighted by Gasteiger charge is -2.23. The molecule has 0 saturated heterocycles. The van der Waals surface area contributed by atoms with Gasteiger partial charge in [-0.15, -0.1) is 0 Å². The Morgan fingerprint density at radius 1 is 1.16 bits per heavy atom. The van der Waals surface area contributed by atoms with Crippen LogP contribution in [0.5, 0.6) is 0 Å². The average molecular weight is 424 g/mol. The van der Waals surface area contributed by atoms with E-state index in [1.165, 1.54) is 0 Å². The summed E-state index contributed by atoms with van der Waals surface area (Å²) in [4.78, 5) is 32.6. The number of benzene rings is 2. The van der Waals surface area contributed by atoms with Crippen LogP contribution < -0.4 is 16.7 Å². The monoisotopic (exact) mass is 423 g/mol. The number of likely N-dealkylation sites (N-methyl/N-ethyl adjacent to an activating group) is 1. The Labute approximate surface area is 181 Å². The summed E-state index contributed by atoms with van der Waals surface area (Å²) in [5.74, 6) is 0. The highest BCUT2D eigenvalue weighted by atomic mass is 16.4. The van der Waals surface area contributed by atoms with Crippen molar-refractivity contribution in [2.24, 2.45) is 5.73 Å². The molecule has 0 radical (unpaired) electrons. The number of urea groups is 1. The molecule has 0 aliphatic rings. The Balaban J connectivity index is 1.87. The van der Waals surface area contributed by atoms with Crippen LogP contribution in [-0.2, 0) is 6.54 Å². The largest absolute Gasteiger partial charge is 0.389 e. The van der Waals surface area contributed by atoms with E-state index in [4.69, 9.17) is 10.2 Å². The van der Waals surface area contributed by atoms with Crippen molar-refractivity contribution in [3.05, 3.63) is 69.6 Å². The zero-order valence-corrected chi connectivity index (χ0v) is 18.4. The zero-order valence-electron chi connectivity index (χ0n) is 18.4. The van der Waals surface area contributed by atoms with Gasteiger partial charge in [-0.25, -0.2) is 9.59 Å². The smallest absolute Gasteiger partial charge is 0.348 e. The van der Waals surface area contributed by atoms with E-state index in [9.17, 15) is 9.59 Å². The van der Waals surface area contributed by atoms with Crippen LogP contribution in [0.3, 0.4) is 0 Å². The molecule has 8 nitrogen and oxygen atoms in total. The summed E-state index contributed by atoms with van der Waals surface area (Å²) in [6, 6.07) is 13.1. The Morgan fingerprint density at radius 2 is 1.87 bits per heavy atom. The normalized spacial score (nSPS) is 12.2. The van der Waals surface area contributed by atoms with Gasteiger partial charge < -0.3 is 25.3 Å². The van der Waals surface area contributed by atoms with Gasteiger partial charge >= 0.3 is 11.7 Å². The van der Waals surface area contributed by atoms with Crippen molar-refractivity contribution < 1.29 is 9.21 Å². The second-order valence-electron chi connectivity index (χ2n) is 7.89. The first-order chi connectivity index (χ1) is 14.8. The van der Waals surface area contributed by atoms with Crippen molar-refractivity contribution >= 4 is 22.9 Å². The van der Waals surface area contributed by atoms with Gasteiger partial charge in [0.2, 0.25) is 0 Å². The van der Waals surface area contributed by atoms with E-state index in [1.54, 1.807) is 11.0 Å². The van der Waals surface area contributed by atoms with Gasteiger partial charge in [0, 0.05) is 19.6 Å². The maximum Gasteiger partial charge on any atom is 0.348 e. The molecule has 0 unspecified atom stereocenters. The summed E-state index contributed by atoms with van der Waals surface area (Å²) < 4.78 is 5.46. The molecule has 3 aromatic rings. The Bertz CT molecular complexity index is 1110. The Kier molecular flexibility index (Phi) is 6.91. The zero-order chi connectivity index (χ0) is 22.5. The number of aromatic nitrogens is 1. The van der Waals surface area contributed by atoms with Crippen molar-refractivity contribution in [2.75, 3.05) is 32.5 Å². The summed E-state index contributed by atoms with van der Waals surface area (Å²) >= 11 is 0. The van der Waals surface area contributed by atoms with Gasteiger partial charge in [0.05, 0.1) is 16.9 Å². The Morgan fingerprint density at radius 3 is 2.52 bits per heavy atom. The predicted molar refractivity (Wildman–Crippen MR) is 122 cm³/mol. The predicted octanol–water partition coefficient (Wildman–Crippen LogP) is 3.11. The van der Waals surface area contributed by atoms with Crippen LogP contribution in [0.1, 0.15) is 29.7 Å². The third-order valence-electron chi connectivity index (χ3n) is 5.30. The number of amides is 2. The molecule has 3 N–H and O–H groups in total. The fourth-order valence-corrected chi connectivity index (χ4v) is 3.40. The molecule has 0 saturated carbocycles. The molecule has 0 fully saturated rings. The molecule has 164 valence electrons. The molecule has 1 atom stereocenters. The SMILES string of the molecule is Cc1c(CN(CCN(C)C)C(N)=O)ccc2nc(N[C@@H](C)c3ccccc3)oc(=O)c12. The van der Waals surface area contributed by atoms with Gasteiger partial charge in [0.15, 0.2) is 0 Å². The van der Waals surface area contributed by atoms with Gasteiger partial charge in [0.25, 0.3) is 6.01 Å². The molecule has 0 bridgehead atoms. The molecular formula is C23H29N5O3. The molecule has 1 heterocycles. The van der Waals surface area contributed by atoms with E-state index in [-0.39, 0.29) is 12.1 Å². The lowest BCUT2D eigenvalue weighted by atomic mass is 10.0. The number of fused-ring (bicyclic) bond motifs is 1. The molecule has 0 aliphatic heterocycles. The van der Waals surface area contributed by atoms with Crippen molar-refractivity contribution in [3.8, 4) is 0 Å². The lowest BCUT2D eigenvalue weighted by Crippen LogP contribution is -2.39. The standard InChI is InChI=1S/C23H29N5O3/c1-15-18(14-28(22(24)30)13-12-27(3)4)10-11-19-20(15)21(29)31-23(26-19)25-16(2)17-8-6-5-7-9-17/h5-11,16H,12-14H2,1-4H3,(H2,24,30)(H,25,26)/t16-/m0/s1. The first-order valence-electron chi connectivity index (χ1n) is 10.2. The summed E-state index contributed by atoms with van der Waals surface area (Å²) in [5.41, 5.74) is 8.24. The number of primary amides is 1. The van der Waals surface area contributed by atoms with Crippen LogP contribution >= 0.6 is 0 Å². The average Bonchev–Trinajstić information content (AvgIpc) is 2.72. The van der Waals surface area contributed by atoms with E-state index >= 15 is 0 Å². The summed E-state index contributed by atoms with van der Waals surface area (Å²) in [7, 11) is 3.86. The summed E-state index contributed by atoms with van der Waals surface area (Å²) in [6.07, 6.45) is 0. The highest BCUT2D eigenvalue weighted by Gasteiger charge is 2.17. The first-order valence-corrected chi connectivity index (χ1v) is 10.2. The van der Waals surface area contributed by atoms with Gasteiger partial charge in [-0.05, 0) is 50.7 Å². The number of anilines is 1. The van der Waals surface area contributed by atoms with E-state index in [1.807, 2.05) is 69.2 Å². The molecular weight excluding hydrogens is 394 g/mol. The number of hydrogen-bond acceptors (Lipinski definition) is 6. The van der Waals surface area contributed by atoms with Crippen molar-refractivity contribution in [3.63, 3.8) is 0 Å². The molecule has 8 heteroatoms. The summed E-state index contributed by atoms with van der Waals surface area (Å²) in [5, 5.41) is 3.56. The number of nitrogens with two attached hydrogens (primary N) is 1. The lowest BCUT2D eigenvalue weighted by molar-refractivity contribution is 0.198. The van der Waals surface area contributed by atoms with Crippen LogP contribution in [0, 0.1) is 6.92 Å². The van der Waals surface area contributed by atoms with E-state index < -0.39 is 11.7 Å². The number of hydrogen-bond donors (Lipinski definition) is 2. The van der Waals surface area contributed by atoms with Gasteiger partial charge in [-0.3, -0.25) is 0 Å². The molecule has 2 amide bonds. The fraction of sp³-hybridized carbons (Fsp3) is 0.348. The van der Waals surface area contributed by atoms with Crippen molar-refractivity contribution in [2.45, 2.75) is 26.4 Å². The molecule has 1 aromatic heterocycles. The highest BCUT2D eigenvalue weighted by Crippen LogP contribution is 2.22. The Hall–Kier alpha value is -3.39. The van der Waals surface area contributed by atoms with Crippen LogP contribution in [0.15, 0.2) is 51.7 Å². The number of rotatable bonds is 8.